The van der Waals surface area contributed by atoms with Crippen molar-refractivity contribution in [2.45, 2.75) is 31.1 Å². The Balaban J connectivity index is 2.10. The number of hydrogen-bond donors (Lipinski definition) is 1. The predicted molar refractivity (Wildman–Crippen MR) is 77.8 cm³/mol. The molecule has 5 nitrogen and oxygen atoms in total. The Hall–Kier alpha value is -1.88. The van der Waals surface area contributed by atoms with E-state index < -0.39 is 11.3 Å². The first-order chi connectivity index (χ1) is 9.52. The first-order valence-electron chi connectivity index (χ1n) is 6.83. The molecule has 0 bridgehead atoms. The van der Waals surface area contributed by atoms with Gasteiger partial charge in [0.1, 0.15) is 11.5 Å². The van der Waals surface area contributed by atoms with Gasteiger partial charge in [0.2, 0.25) is 0 Å². The van der Waals surface area contributed by atoms with Crippen LogP contribution in [0.1, 0.15) is 25.3 Å². The van der Waals surface area contributed by atoms with Crippen LogP contribution in [0.2, 0.25) is 0 Å². The van der Waals surface area contributed by atoms with Gasteiger partial charge in [-0.2, -0.15) is 0 Å². The van der Waals surface area contributed by atoms with Crippen molar-refractivity contribution in [1.29, 1.82) is 0 Å². The fourth-order valence-electron chi connectivity index (χ4n) is 2.92. The van der Waals surface area contributed by atoms with E-state index in [1.54, 1.807) is 0 Å². The maximum atomic E-state index is 10.9. The van der Waals surface area contributed by atoms with Crippen molar-refractivity contribution in [3.8, 4) is 0 Å². The summed E-state index contributed by atoms with van der Waals surface area (Å²) < 4.78 is 0. The number of aliphatic imine (C=N–C) groups is 1. The molecule has 106 valence electrons. The van der Waals surface area contributed by atoms with E-state index in [0.717, 1.165) is 11.4 Å². The van der Waals surface area contributed by atoms with Crippen molar-refractivity contribution in [2.75, 3.05) is 14.1 Å². The maximum Gasteiger partial charge on any atom is 0.272 e. The summed E-state index contributed by atoms with van der Waals surface area (Å²) in [6, 6.07) is 9.78. The van der Waals surface area contributed by atoms with Crippen LogP contribution in [0.15, 0.2) is 40.5 Å². The highest BCUT2D eigenvalue weighted by atomic mass is 16.7. The van der Waals surface area contributed by atoms with E-state index in [1.165, 1.54) is 0 Å². The van der Waals surface area contributed by atoms with Crippen molar-refractivity contribution < 1.29 is 9.94 Å². The number of amidine groups is 1. The van der Waals surface area contributed by atoms with Crippen molar-refractivity contribution in [3.05, 3.63) is 35.9 Å². The smallest absolute Gasteiger partial charge is 0.272 e. The summed E-state index contributed by atoms with van der Waals surface area (Å²) in [5.74, 6) is -0.537. The molecule has 20 heavy (non-hydrogen) atoms. The monoisotopic (exact) mass is 273 g/mol. The Morgan fingerprint density at radius 3 is 2.60 bits per heavy atom. The fraction of sp³-hybridized carbons (Fsp3) is 0.467. The van der Waals surface area contributed by atoms with Crippen LogP contribution < -0.4 is 0 Å². The molecule has 0 aliphatic carbocycles. The van der Waals surface area contributed by atoms with Gasteiger partial charge >= 0.3 is 0 Å². The molecule has 1 N–H and O–H groups in total. The molecule has 3 rings (SSSR count). The molecule has 0 saturated carbocycles. The lowest BCUT2D eigenvalue weighted by atomic mass is 9.80. The number of rotatable bonds is 2. The summed E-state index contributed by atoms with van der Waals surface area (Å²) in [6.45, 7) is 2.00. The van der Waals surface area contributed by atoms with Crippen LogP contribution in [0.4, 0.5) is 0 Å². The third-order valence-corrected chi connectivity index (χ3v) is 4.12. The van der Waals surface area contributed by atoms with Crippen molar-refractivity contribution in [2.24, 2.45) is 10.1 Å². The second-order valence-electron chi connectivity index (χ2n) is 5.49. The van der Waals surface area contributed by atoms with Crippen molar-refractivity contribution in [1.82, 2.24) is 4.90 Å². The largest absolute Gasteiger partial charge is 0.366 e. The fourth-order valence-corrected chi connectivity index (χ4v) is 2.92. The van der Waals surface area contributed by atoms with Crippen LogP contribution in [-0.4, -0.2) is 47.0 Å². The van der Waals surface area contributed by atoms with Crippen LogP contribution in [0.25, 0.3) is 0 Å². The molecule has 1 aromatic rings. The molecule has 5 heteroatoms. The summed E-state index contributed by atoms with van der Waals surface area (Å²) in [6.07, 6.45) is 0.988. The molecule has 0 fully saturated rings. The molecular weight excluding hydrogens is 254 g/mol. The molecule has 0 saturated heterocycles. The van der Waals surface area contributed by atoms with E-state index in [4.69, 9.17) is 9.83 Å². The third-order valence-electron chi connectivity index (χ3n) is 4.12. The van der Waals surface area contributed by atoms with Crippen molar-refractivity contribution in [3.63, 3.8) is 0 Å². The van der Waals surface area contributed by atoms with Gasteiger partial charge in [0.15, 0.2) is 5.54 Å². The standard InChI is InChI=1S/C15H19N3O2/c1-4-14-13(11-8-6-5-7-9-11)17-20-15(14,19)10-12(16-14)18(2)3/h5-9,19H,4,10H2,1-3H3/t14-,15+/m0/s1. The highest BCUT2D eigenvalue weighted by molar-refractivity contribution is 6.11. The molecule has 0 aromatic heterocycles. The number of hydrogen-bond acceptors (Lipinski definition) is 5. The van der Waals surface area contributed by atoms with E-state index in [-0.39, 0.29) is 0 Å². The summed E-state index contributed by atoms with van der Waals surface area (Å²) in [7, 11) is 3.85. The molecule has 2 atom stereocenters. The van der Waals surface area contributed by atoms with Gasteiger partial charge < -0.3 is 14.8 Å². The molecule has 1 aromatic carbocycles. The van der Waals surface area contributed by atoms with Crippen LogP contribution in [0.3, 0.4) is 0 Å². The van der Waals surface area contributed by atoms with E-state index in [0.29, 0.717) is 18.6 Å². The Labute approximate surface area is 118 Å². The van der Waals surface area contributed by atoms with Crippen molar-refractivity contribution >= 4 is 11.5 Å². The Kier molecular flexibility index (Phi) is 2.83. The lowest BCUT2D eigenvalue weighted by molar-refractivity contribution is -0.203. The average Bonchev–Trinajstić information content (AvgIpc) is 2.88. The zero-order valence-electron chi connectivity index (χ0n) is 12.0. The predicted octanol–water partition coefficient (Wildman–Crippen LogP) is 1.62. The van der Waals surface area contributed by atoms with Gasteiger partial charge in [0.05, 0.1) is 6.42 Å². The van der Waals surface area contributed by atoms with Gasteiger partial charge in [-0.1, -0.05) is 42.4 Å². The molecule has 2 aliphatic heterocycles. The number of fused-ring (bicyclic) bond motifs is 1. The maximum absolute atomic E-state index is 10.9. The molecule has 0 amide bonds. The van der Waals surface area contributed by atoms with E-state index in [2.05, 4.69) is 5.16 Å². The molecule has 2 heterocycles. The van der Waals surface area contributed by atoms with E-state index in [9.17, 15) is 5.11 Å². The lowest BCUT2D eigenvalue weighted by Gasteiger charge is -2.30. The minimum Gasteiger partial charge on any atom is -0.366 e. The summed E-state index contributed by atoms with van der Waals surface area (Å²) in [5, 5.41) is 15.0. The molecule has 2 aliphatic rings. The van der Waals surface area contributed by atoms with Crippen LogP contribution >= 0.6 is 0 Å². The van der Waals surface area contributed by atoms with Crippen LogP contribution in [-0.2, 0) is 4.84 Å². The average molecular weight is 273 g/mol. The zero-order chi connectivity index (χ0) is 14.4. The molecule has 0 spiro atoms. The Bertz CT molecular complexity index is 582. The highest BCUT2D eigenvalue weighted by Gasteiger charge is 2.64. The first-order valence-corrected chi connectivity index (χ1v) is 6.83. The number of nitrogens with zero attached hydrogens (tertiary/aromatic N) is 3. The quantitative estimate of drug-likeness (QED) is 0.891. The first kappa shape index (κ1) is 13.1. The molecule has 0 unspecified atom stereocenters. The van der Waals surface area contributed by atoms with Gasteiger partial charge in [-0.05, 0) is 6.42 Å². The zero-order valence-corrected chi connectivity index (χ0v) is 12.0. The summed E-state index contributed by atoms with van der Waals surface area (Å²) >= 11 is 0. The molecular formula is C15H19N3O2. The number of oxime groups is 1. The van der Waals surface area contributed by atoms with Gasteiger partial charge in [0.25, 0.3) is 5.79 Å². The van der Waals surface area contributed by atoms with Gasteiger partial charge in [-0.25, -0.2) is 0 Å². The number of benzene rings is 1. The third kappa shape index (κ3) is 1.59. The van der Waals surface area contributed by atoms with E-state index in [1.807, 2.05) is 56.3 Å². The Morgan fingerprint density at radius 2 is 2.00 bits per heavy atom. The SMILES string of the molecule is CC[C@@]12N=C(N(C)C)C[C@@]1(O)ON=C2c1ccccc1. The normalized spacial score (nSPS) is 31.4. The van der Waals surface area contributed by atoms with Gasteiger partial charge in [-0.15, -0.1) is 0 Å². The number of aliphatic hydroxyl groups is 1. The minimum absolute atomic E-state index is 0.355. The minimum atomic E-state index is -1.37. The second kappa shape index (κ2) is 4.31. The molecule has 0 radical (unpaired) electrons. The van der Waals surface area contributed by atoms with Gasteiger partial charge in [0, 0.05) is 19.7 Å². The van der Waals surface area contributed by atoms with Crippen LogP contribution in [0.5, 0.6) is 0 Å². The summed E-state index contributed by atoms with van der Waals surface area (Å²) in [5.41, 5.74) is 0.836. The second-order valence-corrected chi connectivity index (χ2v) is 5.49. The lowest BCUT2D eigenvalue weighted by Crippen LogP contribution is -2.52. The van der Waals surface area contributed by atoms with E-state index >= 15 is 0 Å². The van der Waals surface area contributed by atoms with Gasteiger partial charge in [-0.3, -0.25) is 4.99 Å². The summed E-state index contributed by atoms with van der Waals surface area (Å²) in [4.78, 5) is 12.1. The van der Waals surface area contributed by atoms with Crippen LogP contribution in [0, 0.1) is 0 Å². The Morgan fingerprint density at radius 1 is 1.30 bits per heavy atom. The topological polar surface area (TPSA) is 57.4 Å². The highest BCUT2D eigenvalue weighted by Crippen LogP contribution is 2.46.